The average molecular weight is 319 g/mol. The molecular weight excluding hydrogens is 305 g/mol. The average Bonchev–Trinajstić information content (AvgIpc) is 3.00. The Labute approximate surface area is 136 Å². The van der Waals surface area contributed by atoms with E-state index in [1.165, 1.54) is 23.1 Å². The molecule has 0 amide bonds. The Balaban J connectivity index is 2.10. The van der Waals surface area contributed by atoms with Crippen molar-refractivity contribution in [2.75, 3.05) is 5.84 Å². The standard InChI is InChI=1S/C18H14FN5/c19-13-8-6-12(7-9-13)16-10-15-17(20)23(21)11-22-18(15)24(16)14-4-2-1-3-5-14/h1-11,20H,21H2. The highest BCUT2D eigenvalue weighted by molar-refractivity contribution is 5.85. The van der Waals surface area contributed by atoms with Crippen LogP contribution in [0.15, 0.2) is 67.0 Å². The Kier molecular flexibility index (Phi) is 3.16. The van der Waals surface area contributed by atoms with E-state index in [-0.39, 0.29) is 11.3 Å². The van der Waals surface area contributed by atoms with Gasteiger partial charge in [-0.1, -0.05) is 18.2 Å². The molecule has 5 nitrogen and oxygen atoms in total. The van der Waals surface area contributed by atoms with Crippen LogP contribution in [0.2, 0.25) is 0 Å². The summed E-state index contributed by atoms with van der Waals surface area (Å²) in [5.74, 6) is 5.46. The van der Waals surface area contributed by atoms with Crippen molar-refractivity contribution in [3.8, 4) is 16.9 Å². The molecule has 0 atom stereocenters. The Bertz CT molecular complexity index is 1080. The molecule has 0 aliphatic rings. The molecule has 24 heavy (non-hydrogen) atoms. The third-order valence-electron chi connectivity index (χ3n) is 3.95. The molecule has 0 unspecified atom stereocenters. The van der Waals surface area contributed by atoms with Gasteiger partial charge in [0.1, 0.15) is 12.1 Å². The summed E-state index contributed by atoms with van der Waals surface area (Å²) >= 11 is 0. The van der Waals surface area contributed by atoms with Crippen LogP contribution in [-0.4, -0.2) is 14.2 Å². The molecule has 0 aliphatic carbocycles. The molecule has 0 aliphatic heterocycles. The van der Waals surface area contributed by atoms with Gasteiger partial charge in [0.2, 0.25) is 0 Å². The maximum atomic E-state index is 13.3. The summed E-state index contributed by atoms with van der Waals surface area (Å²) in [7, 11) is 0. The first kappa shape index (κ1) is 14.2. The molecule has 118 valence electrons. The molecule has 4 rings (SSSR count). The van der Waals surface area contributed by atoms with Crippen molar-refractivity contribution in [2.24, 2.45) is 0 Å². The van der Waals surface area contributed by atoms with E-state index < -0.39 is 0 Å². The van der Waals surface area contributed by atoms with Crippen LogP contribution in [0.3, 0.4) is 0 Å². The SMILES string of the molecule is N=c1c2cc(-c3ccc(F)cc3)n(-c3ccccc3)c2ncn1N. The molecular formula is C18H14FN5. The first-order chi connectivity index (χ1) is 11.6. The Morgan fingerprint density at radius 2 is 1.71 bits per heavy atom. The molecule has 4 aromatic rings. The highest BCUT2D eigenvalue weighted by atomic mass is 19.1. The first-order valence-corrected chi connectivity index (χ1v) is 7.39. The fourth-order valence-corrected chi connectivity index (χ4v) is 2.79. The maximum Gasteiger partial charge on any atom is 0.156 e. The number of nitrogen functional groups attached to an aromatic ring is 1. The van der Waals surface area contributed by atoms with E-state index in [1.807, 2.05) is 41.0 Å². The highest BCUT2D eigenvalue weighted by Gasteiger charge is 2.15. The summed E-state index contributed by atoms with van der Waals surface area (Å²) in [6.45, 7) is 0. The minimum atomic E-state index is -0.291. The molecule has 0 fully saturated rings. The van der Waals surface area contributed by atoms with Crippen molar-refractivity contribution in [1.82, 2.24) is 14.2 Å². The predicted octanol–water partition coefficient (Wildman–Crippen LogP) is 2.83. The summed E-state index contributed by atoms with van der Waals surface area (Å²) in [5.41, 5.74) is 3.36. The molecule has 2 heterocycles. The molecule has 0 saturated carbocycles. The summed E-state index contributed by atoms with van der Waals surface area (Å²) in [6.07, 6.45) is 1.42. The van der Waals surface area contributed by atoms with E-state index in [2.05, 4.69) is 4.98 Å². The fraction of sp³-hybridized carbons (Fsp3) is 0. The lowest BCUT2D eigenvalue weighted by Crippen LogP contribution is -2.27. The van der Waals surface area contributed by atoms with E-state index in [0.29, 0.717) is 11.0 Å². The van der Waals surface area contributed by atoms with Gasteiger partial charge in [0.15, 0.2) is 11.1 Å². The lowest BCUT2D eigenvalue weighted by Gasteiger charge is -2.10. The number of nitrogens with two attached hydrogens (primary N) is 1. The number of rotatable bonds is 2. The van der Waals surface area contributed by atoms with Crippen LogP contribution in [0.25, 0.3) is 28.0 Å². The highest BCUT2D eigenvalue weighted by Crippen LogP contribution is 2.29. The number of para-hydroxylation sites is 1. The quantitative estimate of drug-likeness (QED) is 0.558. The van der Waals surface area contributed by atoms with Gasteiger partial charge in [0.05, 0.1) is 11.1 Å². The second-order valence-corrected chi connectivity index (χ2v) is 5.45. The van der Waals surface area contributed by atoms with Gasteiger partial charge in [-0.25, -0.2) is 14.1 Å². The normalized spacial score (nSPS) is 11.0. The van der Waals surface area contributed by atoms with Crippen LogP contribution in [-0.2, 0) is 0 Å². The van der Waals surface area contributed by atoms with E-state index >= 15 is 0 Å². The van der Waals surface area contributed by atoms with Crippen LogP contribution in [0.4, 0.5) is 4.39 Å². The molecule has 2 aromatic carbocycles. The molecule has 6 heteroatoms. The largest absolute Gasteiger partial charge is 0.336 e. The van der Waals surface area contributed by atoms with Gasteiger partial charge >= 0.3 is 0 Å². The summed E-state index contributed by atoms with van der Waals surface area (Å²) in [5, 5.41) is 8.81. The molecule has 2 aromatic heterocycles. The molecule has 0 bridgehead atoms. The van der Waals surface area contributed by atoms with Crippen LogP contribution >= 0.6 is 0 Å². The zero-order valence-corrected chi connectivity index (χ0v) is 12.6. The number of nitrogens with zero attached hydrogens (tertiary/aromatic N) is 3. The first-order valence-electron chi connectivity index (χ1n) is 7.39. The number of nitrogens with one attached hydrogen (secondary N) is 1. The molecule has 0 saturated heterocycles. The second kappa shape index (κ2) is 5.34. The minimum Gasteiger partial charge on any atom is -0.336 e. The lowest BCUT2D eigenvalue weighted by molar-refractivity contribution is 0.628. The third-order valence-corrected chi connectivity index (χ3v) is 3.95. The summed E-state index contributed by atoms with van der Waals surface area (Å²) < 4.78 is 16.4. The number of benzene rings is 2. The maximum absolute atomic E-state index is 13.3. The Morgan fingerprint density at radius 1 is 1.00 bits per heavy atom. The number of aromatic nitrogens is 3. The van der Waals surface area contributed by atoms with E-state index in [4.69, 9.17) is 11.3 Å². The van der Waals surface area contributed by atoms with E-state index in [9.17, 15) is 4.39 Å². The number of fused-ring (bicyclic) bond motifs is 1. The topological polar surface area (TPSA) is 72.6 Å². The van der Waals surface area contributed by atoms with Gasteiger partial charge in [-0.05, 0) is 48.0 Å². The van der Waals surface area contributed by atoms with Crippen molar-refractivity contribution in [3.63, 3.8) is 0 Å². The van der Waals surface area contributed by atoms with Gasteiger partial charge in [-0.15, -0.1) is 0 Å². The van der Waals surface area contributed by atoms with E-state index in [0.717, 1.165) is 16.9 Å². The second-order valence-electron chi connectivity index (χ2n) is 5.45. The number of hydrogen-bond acceptors (Lipinski definition) is 3. The van der Waals surface area contributed by atoms with Crippen molar-refractivity contribution >= 4 is 11.0 Å². The van der Waals surface area contributed by atoms with Gasteiger partial charge in [-0.3, -0.25) is 9.98 Å². The van der Waals surface area contributed by atoms with E-state index in [1.54, 1.807) is 12.1 Å². The molecule has 0 radical (unpaired) electrons. The smallest absolute Gasteiger partial charge is 0.156 e. The van der Waals surface area contributed by atoms with Crippen molar-refractivity contribution in [2.45, 2.75) is 0 Å². The Morgan fingerprint density at radius 3 is 2.42 bits per heavy atom. The van der Waals surface area contributed by atoms with Gasteiger partial charge in [0.25, 0.3) is 0 Å². The third kappa shape index (κ3) is 2.16. The fourth-order valence-electron chi connectivity index (χ4n) is 2.79. The summed E-state index contributed by atoms with van der Waals surface area (Å²) in [4.78, 5) is 4.39. The molecule has 0 spiro atoms. The van der Waals surface area contributed by atoms with Crippen LogP contribution in [0.5, 0.6) is 0 Å². The van der Waals surface area contributed by atoms with Crippen LogP contribution in [0, 0.1) is 11.2 Å². The van der Waals surface area contributed by atoms with Gasteiger partial charge < -0.3 is 5.84 Å². The predicted molar refractivity (Wildman–Crippen MR) is 90.5 cm³/mol. The van der Waals surface area contributed by atoms with Gasteiger partial charge in [-0.2, -0.15) is 0 Å². The van der Waals surface area contributed by atoms with Crippen molar-refractivity contribution in [3.05, 3.63) is 78.3 Å². The van der Waals surface area contributed by atoms with Crippen molar-refractivity contribution in [1.29, 1.82) is 5.41 Å². The van der Waals surface area contributed by atoms with Crippen LogP contribution < -0.4 is 11.3 Å². The number of hydrogen-bond donors (Lipinski definition) is 2. The van der Waals surface area contributed by atoms with Crippen molar-refractivity contribution < 1.29 is 4.39 Å². The lowest BCUT2D eigenvalue weighted by atomic mass is 10.1. The summed E-state index contributed by atoms with van der Waals surface area (Å²) in [6, 6.07) is 17.8. The molecule has 3 N–H and O–H groups in total. The Hall–Kier alpha value is -3.41. The monoisotopic (exact) mass is 319 g/mol. The number of halogens is 1. The van der Waals surface area contributed by atoms with Crippen LogP contribution in [0.1, 0.15) is 0 Å². The zero-order valence-electron chi connectivity index (χ0n) is 12.6. The minimum absolute atomic E-state index is 0.165. The van der Waals surface area contributed by atoms with Gasteiger partial charge in [0, 0.05) is 5.69 Å². The zero-order chi connectivity index (χ0) is 16.7.